The van der Waals surface area contributed by atoms with Gasteiger partial charge in [-0.05, 0) is 30.2 Å². The number of nitrogens with zero attached hydrogens (tertiary/aromatic N) is 4. The molecule has 84 valence electrons. The lowest BCUT2D eigenvalue weighted by Crippen LogP contribution is -1.91. The average Bonchev–Trinajstić information content (AvgIpc) is 2.75. The molecule has 0 saturated carbocycles. The molecule has 1 N–H and O–H groups in total. The Morgan fingerprint density at radius 2 is 2.06 bits per heavy atom. The fraction of sp³-hybridized carbons (Fsp3) is 0.0909. The van der Waals surface area contributed by atoms with E-state index in [1.807, 2.05) is 13.0 Å². The molecular weight excluding hydrogens is 238 g/mol. The number of nitrogens with one attached hydrogen (secondary N) is 1. The van der Waals surface area contributed by atoms with Crippen molar-refractivity contribution in [3.8, 4) is 11.3 Å². The molecule has 0 spiro atoms. The van der Waals surface area contributed by atoms with E-state index in [1.165, 1.54) is 0 Å². The van der Waals surface area contributed by atoms with Crippen LogP contribution >= 0.6 is 11.6 Å². The number of fused-ring (bicyclic) bond motifs is 1. The molecule has 0 unspecified atom stereocenters. The monoisotopic (exact) mass is 245 g/mol. The zero-order valence-electron chi connectivity index (χ0n) is 8.98. The number of hydrogen-bond donors (Lipinski definition) is 1. The maximum absolute atomic E-state index is 5.88. The Hall–Kier alpha value is -2.01. The van der Waals surface area contributed by atoms with E-state index in [4.69, 9.17) is 11.6 Å². The van der Waals surface area contributed by atoms with Crippen molar-refractivity contribution in [2.24, 2.45) is 0 Å². The third kappa shape index (κ3) is 1.74. The average molecular weight is 246 g/mol. The molecule has 0 aliphatic carbocycles. The molecule has 0 aliphatic heterocycles. The van der Waals surface area contributed by atoms with Crippen LogP contribution in [0.4, 0.5) is 0 Å². The summed E-state index contributed by atoms with van der Waals surface area (Å²) < 4.78 is 0. The van der Waals surface area contributed by atoms with E-state index in [2.05, 4.69) is 25.1 Å². The molecule has 3 rings (SSSR count). The van der Waals surface area contributed by atoms with Crippen molar-refractivity contribution in [2.45, 2.75) is 6.92 Å². The summed E-state index contributed by atoms with van der Waals surface area (Å²) >= 11 is 5.88. The van der Waals surface area contributed by atoms with Crippen LogP contribution < -0.4 is 0 Å². The first-order chi connectivity index (χ1) is 8.24. The second kappa shape index (κ2) is 3.78. The summed E-state index contributed by atoms with van der Waals surface area (Å²) in [6, 6.07) is 2.00. The Kier molecular flexibility index (Phi) is 2.26. The highest BCUT2D eigenvalue weighted by Crippen LogP contribution is 2.25. The summed E-state index contributed by atoms with van der Waals surface area (Å²) in [5, 5.41) is 7.75. The molecule has 0 aromatic carbocycles. The minimum absolute atomic E-state index is 0.193. The van der Waals surface area contributed by atoms with Crippen LogP contribution in [0.25, 0.3) is 22.3 Å². The third-order valence-corrected chi connectivity index (χ3v) is 2.60. The molecule has 0 atom stereocenters. The first-order valence-electron chi connectivity index (χ1n) is 5.02. The van der Waals surface area contributed by atoms with Crippen molar-refractivity contribution in [2.75, 3.05) is 0 Å². The first-order valence-corrected chi connectivity index (χ1v) is 5.40. The fourth-order valence-electron chi connectivity index (χ4n) is 1.71. The van der Waals surface area contributed by atoms with Crippen LogP contribution in [0.15, 0.2) is 24.7 Å². The van der Waals surface area contributed by atoms with Gasteiger partial charge in [0.05, 0.1) is 17.3 Å². The van der Waals surface area contributed by atoms with E-state index in [0.29, 0.717) is 5.65 Å². The van der Waals surface area contributed by atoms with Crippen molar-refractivity contribution < 1.29 is 0 Å². The van der Waals surface area contributed by atoms with Gasteiger partial charge in [-0.15, -0.1) is 0 Å². The van der Waals surface area contributed by atoms with E-state index < -0.39 is 0 Å². The summed E-state index contributed by atoms with van der Waals surface area (Å²) in [4.78, 5) is 12.4. The van der Waals surface area contributed by atoms with Gasteiger partial charge in [-0.1, -0.05) is 0 Å². The van der Waals surface area contributed by atoms with Crippen LogP contribution in [0, 0.1) is 6.92 Å². The van der Waals surface area contributed by atoms with Crippen molar-refractivity contribution in [1.29, 1.82) is 0 Å². The quantitative estimate of drug-likeness (QED) is 0.669. The molecular formula is C11H8ClN5. The number of aryl methyl sites for hydroxylation is 1. The van der Waals surface area contributed by atoms with Crippen molar-refractivity contribution in [3.63, 3.8) is 0 Å². The number of rotatable bonds is 1. The zero-order chi connectivity index (χ0) is 11.8. The number of hydrogen-bond acceptors (Lipinski definition) is 4. The van der Waals surface area contributed by atoms with Gasteiger partial charge >= 0.3 is 0 Å². The number of halogens is 1. The molecule has 0 fully saturated rings. The number of H-pyrrole nitrogens is 1. The highest BCUT2D eigenvalue weighted by molar-refractivity contribution is 6.28. The summed E-state index contributed by atoms with van der Waals surface area (Å²) in [6.07, 6.45) is 5.22. The minimum Gasteiger partial charge on any atom is -0.264 e. The topological polar surface area (TPSA) is 67.3 Å². The number of aromatic amines is 1. The maximum Gasteiger partial charge on any atom is 0.224 e. The SMILES string of the molecule is Cc1cncc(-c2nc(Cl)nc3[nH]ncc23)c1. The lowest BCUT2D eigenvalue weighted by molar-refractivity contribution is 1.09. The van der Waals surface area contributed by atoms with Crippen LogP contribution in [0.5, 0.6) is 0 Å². The van der Waals surface area contributed by atoms with Crippen LogP contribution in [0.3, 0.4) is 0 Å². The molecule has 6 heteroatoms. The van der Waals surface area contributed by atoms with Crippen LogP contribution in [0.1, 0.15) is 5.56 Å². The van der Waals surface area contributed by atoms with Crippen molar-refractivity contribution in [1.82, 2.24) is 25.1 Å². The fourth-order valence-corrected chi connectivity index (χ4v) is 1.88. The van der Waals surface area contributed by atoms with E-state index in [1.54, 1.807) is 18.6 Å². The molecule has 3 aromatic rings. The van der Waals surface area contributed by atoms with Crippen molar-refractivity contribution >= 4 is 22.6 Å². The summed E-state index contributed by atoms with van der Waals surface area (Å²) in [5.74, 6) is 0. The Morgan fingerprint density at radius 1 is 1.18 bits per heavy atom. The van der Waals surface area contributed by atoms with Gasteiger partial charge < -0.3 is 0 Å². The molecule has 0 aliphatic rings. The molecule has 0 bridgehead atoms. The molecule has 0 saturated heterocycles. The number of aromatic nitrogens is 5. The second-order valence-electron chi connectivity index (χ2n) is 3.72. The van der Waals surface area contributed by atoms with Gasteiger partial charge in [0, 0.05) is 18.0 Å². The van der Waals surface area contributed by atoms with E-state index in [9.17, 15) is 0 Å². The van der Waals surface area contributed by atoms with Crippen molar-refractivity contribution in [3.05, 3.63) is 35.5 Å². The predicted molar refractivity (Wildman–Crippen MR) is 64.7 cm³/mol. The van der Waals surface area contributed by atoms with E-state index >= 15 is 0 Å². The van der Waals surface area contributed by atoms with Gasteiger partial charge in [-0.2, -0.15) is 10.1 Å². The Labute approximate surface area is 102 Å². The molecule has 5 nitrogen and oxygen atoms in total. The lowest BCUT2D eigenvalue weighted by Gasteiger charge is -2.03. The highest BCUT2D eigenvalue weighted by Gasteiger charge is 2.10. The smallest absolute Gasteiger partial charge is 0.224 e. The number of pyridine rings is 1. The zero-order valence-corrected chi connectivity index (χ0v) is 9.73. The Balaban J connectivity index is 2.32. The van der Waals surface area contributed by atoms with Gasteiger partial charge in [0.25, 0.3) is 0 Å². The van der Waals surface area contributed by atoms with E-state index in [0.717, 1.165) is 22.2 Å². The molecule has 0 amide bonds. The summed E-state index contributed by atoms with van der Waals surface area (Å²) in [7, 11) is 0. The normalized spacial score (nSPS) is 10.9. The summed E-state index contributed by atoms with van der Waals surface area (Å²) in [6.45, 7) is 1.98. The molecule has 3 aromatic heterocycles. The lowest BCUT2D eigenvalue weighted by atomic mass is 10.1. The van der Waals surface area contributed by atoms with Gasteiger partial charge in [0.2, 0.25) is 5.28 Å². The van der Waals surface area contributed by atoms with E-state index in [-0.39, 0.29) is 5.28 Å². The minimum atomic E-state index is 0.193. The second-order valence-corrected chi connectivity index (χ2v) is 4.06. The first kappa shape index (κ1) is 10.2. The molecule has 17 heavy (non-hydrogen) atoms. The Morgan fingerprint density at radius 3 is 2.88 bits per heavy atom. The van der Waals surface area contributed by atoms with Crippen LogP contribution in [-0.2, 0) is 0 Å². The highest BCUT2D eigenvalue weighted by atomic mass is 35.5. The van der Waals surface area contributed by atoms with Gasteiger partial charge in [0.1, 0.15) is 0 Å². The standard InChI is InChI=1S/C11H8ClN5/c1-6-2-7(4-13-3-6)9-8-5-14-17-10(8)16-11(12)15-9/h2-5H,1H3,(H,14,15,16,17). The predicted octanol–water partition coefficient (Wildman–Crippen LogP) is 2.38. The Bertz CT molecular complexity index is 691. The van der Waals surface area contributed by atoms with Gasteiger partial charge in [-0.3, -0.25) is 10.1 Å². The van der Waals surface area contributed by atoms with Crippen LogP contribution in [-0.4, -0.2) is 25.1 Å². The van der Waals surface area contributed by atoms with Gasteiger partial charge in [-0.25, -0.2) is 4.98 Å². The molecule has 3 heterocycles. The summed E-state index contributed by atoms with van der Waals surface area (Å²) in [5.41, 5.74) is 3.33. The maximum atomic E-state index is 5.88. The third-order valence-electron chi connectivity index (χ3n) is 2.43. The molecule has 0 radical (unpaired) electrons. The largest absolute Gasteiger partial charge is 0.264 e. The van der Waals surface area contributed by atoms with Crippen LogP contribution in [0.2, 0.25) is 5.28 Å². The van der Waals surface area contributed by atoms with Gasteiger partial charge in [0.15, 0.2) is 5.65 Å².